The number of para-hydroxylation sites is 1. The number of ether oxygens (including phenoxy) is 2. The van der Waals surface area contributed by atoms with E-state index in [9.17, 15) is 19.2 Å². The van der Waals surface area contributed by atoms with E-state index in [0.29, 0.717) is 25.2 Å². The summed E-state index contributed by atoms with van der Waals surface area (Å²) in [6.45, 7) is 1.08. The Hall–Kier alpha value is -2.90. The summed E-state index contributed by atoms with van der Waals surface area (Å²) >= 11 is 0. The second-order valence-corrected chi connectivity index (χ2v) is 7.06. The van der Waals surface area contributed by atoms with Gasteiger partial charge in [-0.25, -0.2) is 4.79 Å². The van der Waals surface area contributed by atoms with Gasteiger partial charge in [-0.15, -0.1) is 0 Å². The molecule has 2 amide bonds. The number of nitrogens with zero attached hydrogens (tertiary/aromatic N) is 2. The molecule has 2 aliphatic rings. The van der Waals surface area contributed by atoms with E-state index in [1.54, 1.807) is 29.2 Å². The van der Waals surface area contributed by atoms with Crippen molar-refractivity contribution in [1.82, 2.24) is 4.90 Å². The molecular formula is C20H24N2O6. The number of amides is 2. The molecule has 3 rings (SSSR count). The molecule has 1 aromatic carbocycles. The van der Waals surface area contributed by atoms with Crippen LogP contribution in [-0.2, 0) is 23.9 Å². The van der Waals surface area contributed by atoms with Crippen LogP contribution in [0.25, 0.3) is 0 Å². The topological polar surface area (TPSA) is 93.2 Å². The van der Waals surface area contributed by atoms with Crippen LogP contribution in [0.3, 0.4) is 0 Å². The molecule has 2 fully saturated rings. The highest BCUT2D eigenvalue weighted by Crippen LogP contribution is 2.30. The molecule has 2 saturated heterocycles. The third-order valence-corrected chi connectivity index (χ3v) is 5.34. The molecule has 2 atom stereocenters. The number of methoxy groups -OCH3 is 2. The van der Waals surface area contributed by atoms with Crippen LogP contribution in [0.2, 0.25) is 0 Å². The Balaban J connectivity index is 1.74. The molecular weight excluding hydrogens is 364 g/mol. The van der Waals surface area contributed by atoms with Gasteiger partial charge in [-0.05, 0) is 25.0 Å². The molecule has 0 spiro atoms. The lowest BCUT2D eigenvalue weighted by atomic mass is 9.96. The molecule has 28 heavy (non-hydrogen) atoms. The van der Waals surface area contributed by atoms with Gasteiger partial charge < -0.3 is 19.3 Å². The Bertz CT molecular complexity index is 793. The van der Waals surface area contributed by atoms with E-state index in [4.69, 9.17) is 9.47 Å². The predicted octanol–water partition coefficient (Wildman–Crippen LogP) is 1.24. The zero-order chi connectivity index (χ0) is 20.3. The average Bonchev–Trinajstić information content (AvgIpc) is 3.13. The Kier molecular flexibility index (Phi) is 5.96. The number of carbonyl (C=O) groups excluding carboxylic acids is 4. The maximum Gasteiger partial charge on any atom is 0.339 e. The number of benzene rings is 1. The molecule has 150 valence electrons. The third kappa shape index (κ3) is 3.85. The number of anilines is 1. The van der Waals surface area contributed by atoms with Crippen LogP contribution in [0.5, 0.6) is 0 Å². The zero-order valence-electron chi connectivity index (χ0n) is 16.1. The minimum absolute atomic E-state index is 0.0771. The second kappa shape index (κ2) is 8.41. The monoisotopic (exact) mass is 388 g/mol. The van der Waals surface area contributed by atoms with Gasteiger partial charge in [-0.2, -0.15) is 0 Å². The summed E-state index contributed by atoms with van der Waals surface area (Å²) in [5.74, 6) is -2.02. The smallest absolute Gasteiger partial charge is 0.339 e. The lowest BCUT2D eigenvalue weighted by molar-refractivity contribution is -0.149. The van der Waals surface area contributed by atoms with Crippen LogP contribution in [-0.4, -0.2) is 62.5 Å². The molecule has 2 heterocycles. The average molecular weight is 388 g/mol. The molecule has 0 bridgehead atoms. The summed E-state index contributed by atoms with van der Waals surface area (Å²) in [7, 11) is 2.63. The molecule has 0 aromatic heterocycles. The van der Waals surface area contributed by atoms with Crippen molar-refractivity contribution < 1.29 is 28.7 Å². The second-order valence-electron chi connectivity index (χ2n) is 7.06. The lowest BCUT2D eigenvalue weighted by Gasteiger charge is -2.33. The molecule has 2 unspecified atom stereocenters. The van der Waals surface area contributed by atoms with Crippen molar-refractivity contribution in [2.75, 3.05) is 38.8 Å². The Morgan fingerprint density at radius 2 is 1.79 bits per heavy atom. The van der Waals surface area contributed by atoms with Crippen LogP contribution >= 0.6 is 0 Å². The largest absolute Gasteiger partial charge is 0.469 e. The summed E-state index contributed by atoms with van der Waals surface area (Å²) in [6, 6.07) is 6.69. The van der Waals surface area contributed by atoms with Crippen LogP contribution in [0.15, 0.2) is 24.3 Å². The summed E-state index contributed by atoms with van der Waals surface area (Å²) in [5.41, 5.74) is 0.732. The van der Waals surface area contributed by atoms with Gasteiger partial charge in [0.15, 0.2) is 0 Å². The standard InChI is InChI=1S/C20H24N2O6/c1-27-19(25)13-6-5-9-21(11-13)18(24)14-10-17(23)22(12-14)16-8-4-3-7-15(16)20(26)28-2/h3-4,7-8,13-14H,5-6,9-12H2,1-2H3. The van der Waals surface area contributed by atoms with E-state index in [0.717, 1.165) is 6.42 Å². The van der Waals surface area contributed by atoms with E-state index in [1.165, 1.54) is 19.1 Å². The lowest BCUT2D eigenvalue weighted by Crippen LogP contribution is -2.45. The van der Waals surface area contributed by atoms with Crippen LogP contribution in [0.4, 0.5) is 5.69 Å². The van der Waals surface area contributed by atoms with Gasteiger partial charge in [0.1, 0.15) is 0 Å². The fourth-order valence-electron chi connectivity index (χ4n) is 3.89. The van der Waals surface area contributed by atoms with Gasteiger partial charge >= 0.3 is 11.9 Å². The number of carbonyl (C=O) groups is 4. The van der Waals surface area contributed by atoms with Crippen LogP contribution in [0, 0.1) is 11.8 Å². The number of hydrogen-bond acceptors (Lipinski definition) is 6. The van der Waals surface area contributed by atoms with Crippen molar-refractivity contribution in [3.8, 4) is 0 Å². The van der Waals surface area contributed by atoms with Crippen molar-refractivity contribution in [2.24, 2.45) is 11.8 Å². The fraction of sp³-hybridized carbons (Fsp3) is 0.500. The molecule has 0 aliphatic carbocycles. The van der Waals surface area contributed by atoms with E-state index >= 15 is 0 Å². The first-order valence-electron chi connectivity index (χ1n) is 9.30. The Morgan fingerprint density at radius 1 is 1.04 bits per heavy atom. The van der Waals surface area contributed by atoms with Crippen molar-refractivity contribution in [3.05, 3.63) is 29.8 Å². The van der Waals surface area contributed by atoms with Crippen molar-refractivity contribution >= 4 is 29.4 Å². The van der Waals surface area contributed by atoms with Crippen molar-refractivity contribution in [3.63, 3.8) is 0 Å². The zero-order valence-corrected chi connectivity index (χ0v) is 16.1. The Morgan fingerprint density at radius 3 is 2.50 bits per heavy atom. The fourth-order valence-corrected chi connectivity index (χ4v) is 3.89. The van der Waals surface area contributed by atoms with Gasteiger partial charge in [0.05, 0.1) is 37.3 Å². The summed E-state index contributed by atoms with van der Waals surface area (Å²) in [6.07, 6.45) is 1.49. The SMILES string of the molecule is COC(=O)c1ccccc1N1CC(C(=O)N2CCCC(C(=O)OC)C2)CC1=O. The van der Waals surface area contributed by atoms with E-state index in [-0.39, 0.29) is 42.2 Å². The summed E-state index contributed by atoms with van der Waals surface area (Å²) in [5, 5.41) is 0. The quantitative estimate of drug-likeness (QED) is 0.721. The highest BCUT2D eigenvalue weighted by molar-refractivity contribution is 6.05. The van der Waals surface area contributed by atoms with Crippen LogP contribution in [0.1, 0.15) is 29.6 Å². The van der Waals surface area contributed by atoms with Gasteiger partial charge in [-0.1, -0.05) is 12.1 Å². The third-order valence-electron chi connectivity index (χ3n) is 5.34. The highest BCUT2D eigenvalue weighted by Gasteiger charge is 2.40. The van der Waals surface area contributed by atoms with Gasteiger partial charge in [-0.3, -0.25) is 14.4 Å². The maximum atomic E-state index is 13.0. The van der Waals surface area contributed by atoms with E-state index < -0.39 is 11.9 Å². The molecule has 8 heteroatoms. The highest BCUT2D eigenvalue weighted by atomic mass is 16.5. The van der Waals surface area contributed by atoms with Gasteiger partial charge in [0.2, 0.25) is 11.8 Å². The minimum atomic E-state index is -0.532. The van der Waals surface area contributed by atoms with Crippen molar-refractivity contribution in [1.29, 1.82) is 0 Å². The Labute approximate surface area is 163 Å². The van der Waals surface area contributed by atoms with E-state index in [2.05, 4.69) is 0 Å². The van der Waals surface area contributed by atoms with Gasteiger partial charge in [0.25, 0.3) is 0 Å². The number of hydrogen-bond donors (Lipinski definition) is 0. The first kappa shape index (κ1) is 19.9. The first-order chi connectivity index (χ1) is 13.5. The van der Waals surface area contributed by atoms with Crippen molar-refractivity contribution in [2.45, 2.75) is 19.3 Å². The predicted molar refractivity (Wildman–Crippen MR) is 99.6 cm³/mol. The van der Waals surface area contributed by atoms with E-state index in [1.807, 2.05) is 0 Å². The molecule has 2 aliphatic heterocycles. The number of likely N-dealkylation sites (tertiary alicyclic amines) is 1. The maximum absolute atomic E-state index is 13.0. The summed E-state index contributed by atoms with van der Waals surface area (Å²) in [4.78, 5) is 52.5. The minimum Gasteiger partial charge on any atom is -0.469 e. The molecule has 8 nitrogen and oxygen atoms in total. The van der Waals surface area contributed by atoms with Gasteiger partial charge in [0, 0.05) is 26.1 Å². The first-order valence-corrected chi connectivity index (χ1v) is 9.30. The molecule has 0 N–H and O–H groups in total. The molecule has 1 aromatic rings. The number of esters is 2. The normalized spacial score (nSPS) is 22.1. The molecule has 0 saturated carbocycles. The summed E-state index contributed by atoms with van der Waals surface area (Å²) < 4.78 is 9.59. The molecule has 0 radical (unpaired) electrons. The number of piperidine rings is 1. The van der Waals surface area contributed by atoms with Crippen LogP contribution < -0.4 is 4.90 Å². The number of rotatable bonds is 4.